The molecule has 1 aliphatic rings. The number of pyridine rings is 1. The topological polar surface area (TPSA) is 42.4 Å². The average Bonchev–Trinajstić information content (AvgIpc) is 2.41. The minimum absolute atomic E-state index is 0.0669. The van der Waals surface area contributed by atoms with Crippen molar-refractivity contribution >= 4 is 17.5 Å². The molecule has 1 aromatic rings. The van der Waals surface area contributed by atoms with Crippen molar-refractivity contribution in [2.45, 2.75) is 26.1 Å². The molecular formula is C14H16ClF3N2O2. The first-order valence-corrected chi connectivity index (χ1v) is 7.22. The summed E-state index contributed by atoms with van der Waals surface area (Å²) in [4.78, 5) is 17.3. The van der Waals surface area contributed by atoms with Crippen molar-refractivity contribution in [3.8, 4) is 5.88 Å². The number of carbonyl (C=O) groups is 1. The molecule has 0 radical (unpaired) electrons. The van der Waals surface area contributed by atoms with E-state index in [0.717, 1.165) is 12.3 Å². The monoisotopic (exact) mass is 336 g/mol. The highest BCUT2D eigenvalue weighted by Gasteiger charge is 2.39. The molecule has 0 saturated carbocycles. The smallest absolute Gasteiger partial charge is 0.417 e. The number of aromatic nitrogens is 1. The molecule has 0 atom stereocenters. The molecule has 2 heterocycles. The van der Waals surface area contributed by atoms with Crippen molar-refractivity contribution in [1.82, 2.24) is 9.88 Å². The van der Waals surface area contributed by atoms with Crippen LogP contribution in [0, 0.1) is 5.41 Å². The predicted molar refractivity (Wildman–Crippen MR) is 74.7 cm³/mol. The fourth-order valence-electron chi connectivity index (χ4n) is 1.95. The van der Waals surface area contributed by atoms with Crippen LogP contribution < -0.4 is 4.74 Å². The van der Waals surface area contributed by atoms with Crippen LogP contribution in [0.15, 0.2) is 18.3 Å². The molecule has 1 saturated heterocycles. The largest absolute Gasteiger partial charge is 0.471 e. The second kappa shape index (κ2) is 5.95. The third kappa shape index (κ3) is 3.63. The summed E-state index contributed by atoms with van der Waals surface area (Å²) in [5, 5.41) is 0. The summed E-state index contributed by atoms with van der Waals surface area (Å²) in [6, 6.07) is 2.09. The van der Waals surface area contributed by atoms with E-state index >= 15 is 0 Å². The van der Waals surface area contributed by atoms with Crippen molar-refractivity contribution in [3.63, 3.8) is 0 Å². The highest BCUT2D eigenvalue weighted by Crippen LogP contribution is 2.30. The maximum atomic E-state index is 12.4. The summed E-state index contributed by atoms with van der Waals surface area (Å²) in [6.45, 7) is 4.27. The normalized spacial score (nSPS) is 16.4. The van der Waals surface area contributed by atoms with Gasteiger partial charge in [-0.15, -0.1) is 11.6 Å². The lowest BCUT2D eigenvalue weighted by Crippen LogP contribution is -2.59. The number of hydrogen-bond acceptors (Lipinski definition) is 3. The summed E-state index contributed by atoms with van der Waals surface area (Å²) in [6.07, 6.45) is -3.95. The Bertz CT molecular complexity index is 540. The van der Waals surface area contributed by atoms with E-state index in [1.807, 2.05) is 0 Å². The molecule has 8 heteroatoms. The molecular weight excluding hydrogens is 321 g/mol. The fraction of sp³-hybridized carbons (Fsp3) is 0.571. The summed E-state index contributed by atoms with van der Waals surface area (Å²) in [5.41, 5.74) is -1.46. The van der Waals surface area contributed by atoms with Crippen LogP contribution in [0.1, 0.15) is 19.4 Å². The van der Waals surface area contributed by atoms with Gasteiger partial charge in [0.1, 0.15) is 6.10 Å². The van der Waals surface area contributed by atoms with Gasteiger partial charge < -0.3 is 9.64 Å². The maximum Gasteiger partial charge on any atom is 0.417 e. The third-order valence-electron chi connectivity index (χ3n) is 3.40. The van der Waals surface area contributed by atoms with Crippen molar-refractivity contribution < 1.29 is 22.7 Å². The zero-order valence-electron chi connectivity index (χ0n) is 12.2. The SMILES string of the molecule is CC(C)(CCl)C(=O)N1CC(Oc2ccc(C(F)(F)F)cn2)C1. The Balaban J connectivity index is 1.87. The predicted octanol–water partition coefficient (Wildman–Crippen LogP) is 2.96. The number of likely N-dealkylation sites (tertiary alicyclic amines) is 1. The van der Waals surface area contributed by atoms with E-state index in [2.05, 4.69) is 4.98 Å². The third-order valence-corrected chi connectivity index (χ3v) is 4.07. The lowest BCUT2D eigenvalue weighted by atomic mass is 9.92. The Morgan fingerprint density at radius 3 is 2.50 bits per heavy atom. The summed E-state index contributed by atoms with van der Waals surface area (Å²) < 4.78 is 42.7. The lowest BCUT2D eigenvalue weighted by molar-refractivity contribution is -0.148. The Labute approximate surface area is 131 Å². The van der Waals surface area contributed by atoms with Gasteiger partial charge in [-0.25, -0.2) is 4.98 Å². The van der Waals surface area contributed by atoms with Gasteiger partial charge in [-0.05, 0) is 19.9 Å². The van der Waals surface area contributed by atoms with Crippen LogP contribution in [0.25, 0.3) is 0 Å². The van der Waals surface area contributed by atoms with Crippen molar-refractivity contribution in [2.24, 2.45) is 5.41 Å². The summed E-state index contributed by atoms with van der Waals surface area (Å²) in [7, 11) is 0. The number of rotatable bonds is 4. The number of hydrogen-bond donors (Lipinski definition) is 0. The molecule has 22 heavy (non-hydrogen) atoms. The minimum atomic E-state index is -4.42. The highest BCUT2D eigenvalue weighted by molar-refractivity contribution is 6.19. The second-order valence-corrected chi connectivity index (χ2v) is 6.12. The van der Waals surface area contributed by atoms with E-state index in [-0.39, 0.29) is 23.8 Å². The minimum Gasteiger partial charge on any atom is -0.471 e. The van der Waals surface area contributed by atoms with Crippen molar-refractivity contribution in [1.29, 1.82) is 0 Å². The zero-order chi connectivity index (χ0) is 16.5. The van der Waals surface area contributed by atoms with Gasteiger partial charge in [0.05, 0.1) is 24.1 Å². The van der Waals surface area contributed by atoms with Crippen LogP contribution in [0.3, 0.4) is 0 Å². The Morgan fingerprint density at radius 1 is 1.41 bits per heavy atom. The van der Waals surface area contributed by atoms with Crippen LogP contribution in [-0.2, 0) is 11.0 Å². The standard InChI is InChI=1S/C14H16ClF3N2O2/c1-13(2,8-15)12(21)20-6-10(7-20)22-11-4-3-9(5-19-11)14(16,17)18/h3-5,10H,6-8H2,1-2H3. The molecule has 0 spiro atoms. The molecule has 1 aliphatic heterocycles. The first kappa shape index (κ1) is 16.9. The van der Waals surface area contributed by atoms with Gasteiger partial charge >= 0.3 is 6.18 Å². The molecule has 1 aromatic heterocycles. The van der Waals surface area contributed by atoms with Crippen LogP contribution in [0.2, 0.25) is 0 Å². The van der Waals surface area contributed by atoms with E-state index in [4.69, 9.17) is 16.3 Å². The van der Waals surface area contributed by atoms with Crippen molar-refractivity contribution in [3.05, 3.63) is 23.9 Å². The summed E-state index contributed by atoms with van der Waals surface area (Å²) in [5.74, 6) is 0.262. The molecule has 1 amide bonds. The molecule has 0 N–H and O–H groups in total. The first-order chi connectivity index (χ1) is 10.1. The number of ether oxygens (including phenoxy) is 1. The highest BCUT2D eigenvalue weighted by atomic mass is 35.5. The molecule has 4 nitrogen and oxygen atoms in total. The Kier molecular flexibility index (Phi) is 4.56. The fourth-order valence-corrected chi connectivity index (χ4v) is 2.07. The van der Waals surface area contributed by atoms with Crippen LogP contribution >= 0.6 is 11.6 Å². The number of alkyl halides is 4. The van der Waals surface area contributed by atoms with Crippen molar-refractivity contribution in [2.75, 3.05) is 19.0 Å². The average molecular weight is 337 g/mol. The van der Waals surface area contributed by atoms with Gasteiger partial charge in [0, 0.05) is 18.1 Å². The van der Waals surface area contributed by atoms with Gasteiger partial charge in [-0.2, -0.15) is 13.2 Å². The van der Waals surface area contributed by atoms with E-state index in [1.54, 1.807) is 18.7 Å². The van der Waals surface area contributed by atoms with Crippen LogP contribution in [0.4, 0.5) is 13.2 Å². The van der Waals surface area contributed by atoms with E-state index in [9.17, 15) is 18.0 Å². The summed E-state index contributed by atoms with van der Waals surface area (Å²) >= 11 is 5.75. The zero-order valence-corrected chi connectivity index (χ0v) is 12.9. The second-order valence-electron chi connectivity index (χ2n) is 5.85. The van der Waals surface area contributed by atoms with Gasteiger partial charge in [-0.3, -0.25) is 4.79 Å². The molecule has 0 bridgehead atoms. The molecule has 1 fully saturated rings. The Hall–Kier alpha value is -1.50. The van der Waals surface area contributed by atoms with Gasteiger partial charge in [0.15, 0.2) is 0 Å². The first-order valence-electron chi connectivity index (χ1n) is 6.69. The molecule has 122 valence electrons. The number of amides is 1. The maximum absolute atomic E-state index is 12.4. The van der Waals surface area contributed by atoms with E-state index in [0.29, 0.717) is 13.1 Å². The number of nitrogens with zero attached hydrogens (tertiary/aromatic N) is 2. The quantitative estimate of drug-likeness (QED) is 0.794. The molecule has 0 aromatic carbocycles. The van der Waals surface area contributed by atoms with Crippen LogP contribution in [-0.4, -0.2) is 40.9 Å². The van der Waals surface area contributed by atoms with E-state index < -0.39 is 17.2 Å². The molecule has 0 unspecified atom stereocenters. The van der Waals surface area contributed by atoms with Crippen LogP contribution in [0.5, 0.6) is 5.88 Å². The number of carbonyl (C=O) groups excluding carboxylic acids is 1. The number of halogens is 4. The van der Waals surface area contributed by atoms with Gasteiger partial charge in [0.25, 0.3) is 0 Å². The molecule has 2 rings (SSSR count). The van der Waals surface area contributed by atoms with E-state index in [1.165, 1.54) is 6.07 Å². The lowest BCUT2D eigenvalue weighted by Gasteiger charge is -2.42. The van der Waals surface area contributed by atoms with Gasteiger partial charge in [-0.1, -0.05) is 0 Å². The van der Waals surface area contributed by atoms with Gasteiger partial charge in [0.2, 0.25) is 11.8 Å². The Morgan fingerprint density at radius 2 is 2.05 bits per heavy atom. The molecule has 0 aliphatic carbocycles.